The Morgan fingerprint density at radius 1 is 0.881 bits per heavy atom. The molecule has 2 saturated carbocycles. The molecule has 354 valence electrons. The highest BCUT2D eigenvalue weighted by Gasteiger charge is 2.72. The van der Waals surface area contributed by atoms with Crippen molar-refractivity contribution in [2.45, 2.75) is 124 Å². The number of nitrogens with zero attached hydrogens (tertiary/aromatic N) is 3. The number of esters is 1. The molecule has 4 aromatic rings. The van der Waals surface area contributed by atoms with Crippen molar-refractivity contribution in [2.75, 3.05) is 31.6 Å². The number of fused-ring (bicyclic) bond motifs is 4. The van der Waals surface area contributed by atoms with Crippen molar-refractivity contribution in [1.29, 1.82) is 0 Å². The lowest BCUT2D eigenvalue weighted by molar-refractivity contribution is -0.150. The Kier molecular flexibility index (Phi) is 12.3. The normalized spacial score (nSPS) is 27.6. The second-order valence-corrected chi connectivity index (χ2v) is 20.4. The maximum absolute atomic E-state index is 16.3. The molecule has 4 aliphatic heterocycles. The van der Waals surface area contributed by atoms with Gasteiger partial charge in [0.2, 0.25) is 23.6 Å². The van der Waals surface area contributed by atoms with E-state index in [2.05, 4.69) is 26.2 Å². The third-order valence-electron chi connectivity index (χ3n) is 16.1. The number of likely N-dealkylation sites (tertiary alicyclic amines) is 1. The van der Waals surface area contributed by atoms with Crippen LogP contribution in [0.3, 0.4) is 0 Å². The molecule has 10 rings (SSSR count). The lowest BCUT2D eigenvalue weighted by atomic mass is 9.55. The smallest absolute Gasteiger partial charge is 0.329 e. The topological polar surface area (TPSA) is 173 Å². The molecule has 6 aliphatic rings. The van der Waals surface area contributed by atoms with Gasteiger partial charge in [-0.1, -0.05) is 66.7 Å². The summed E-state index contributed by atoms with van der Waals surface area (Å²) in [5.74, 6) is -3.17. The summed E-state index contributed by atoms with van der Waals surface area (Å²) >= 11 is 12.8. The summed E-state index contributed by atoms with van der Waals surface area (Å²) in [4.78, 5) is 82.6. The van der Waals surface area contributed by atoms with Gasteiger partial charge < -0.3 is 15.4 Å². The Balaban J connectivity index is 0.744. The Hall–Kier alpha value is -5.09. The van der Waals surface area contributed by atoms with Crippen LogP contribution < -0.4 is 27.0 Å². The minimum absolute atomic E-state index is 0.0793. The number of anilines is 1. The average Bonchev–Trinajstić information content (AvgIpc) is 3.87. The van der Waals surface area contributed by atoms with Crippen LogP contribution in [0, 0.1) is 11.7 Å². The van der Waals surface area contributed by atoms with Crippen LogP contribution in [0.4, 0.5) is 10.1 Å². The van der Waals surface area contributed by atoms with Gasteiger partial charge in [0.05, 0.1) is 28.0 Å². The second-order valence-electron chi connectivity index (χ2n) is 19.6. The summed E-state index contributed by atoms with van der Waals surface area (Å²) in [5.41, 5.74) is 1.60. The first-order chi connectivity index (χ1) is 32.3. The molecule has 67 heavy (non-hydrogen) atoms. The zero-order chi connectivity index (χ0) is 46.8. The van der Waals surface area contributed by atoms with Gasteiger partial charge in [-0.2, -0.15) is 0 Å². The molecule has 1 aromatic heterocycles. The number of rotatable bonds is 9. The molecule has 3 aromatic carbocycles. The summed E-state index contributed by atoms with van der Waals surface area (Å²) in [6, 6.07) is 14.2. The standard InChI is InChI=1S/C50H56Cl2FN7O7/c1-58-39-26-30(10-15-37(39)60(48(58)66)38-16-17-40(61)56-44(38)62)28-18-22-59(23-19-28)24-25-67-46(64)29-8-12-32(13-9-29)54-45(63)43-41(33-6-5-7-35(52)42(33)53)50(49(57-43)20-3-2-4-21-49)34-14-11-31(51)27-36(34)55-47(50)65/h5-7,10-11,14-15,26-29,32,38,41,43,57H,2-4,8-9,12-13,16-25H2,1H3,(H,54,63)(H,55,65)(H,56,61,62)/t29?,32?,38?,41-,43+,50+/m0/s1. The fraction of sp³-hybridized carbons (Fsp3) is 0.520. The van der Waals surface area contributed by atoms with E-state index in [1.807, 2.05) is 24.3 Å². The fourth-order valence-corrected chi connectivity index (χ4v) is 13.1. The maximum atomic E-state index is 16.3. The zero-order valence-corrected chi connectivity index (χ0v) is 39.0. The van der Waals surface area contributed by atoms with Crippen LogP contribution in [-0.4, -0.2) is 87.5 Å². The highest BCUT2D eigenvalue weighted by Crippen LogP contribution is 2.63. The van der Waals surface area contributed by atoms with Gasteiger partial charge in [-0.3, -0.25) is 48.6 Å². The molecule has 14 nitrogen and oxygen atoms in total. The number of imidazole rings is 1. The van der Waals surface area contributed by atoms with E-state index in [4.69, 9.17) is 27.9 Å². The number of carbonyl (C=O) groups excluding carboxylic acids is 5. The Morgan fingerprint density at radius 3 is 2.39 bits per heavy atom. The van der Waals surface area contributed by atoms with Crippen molar-refractivity contribution in [3.63, 3.8) is 0 Å². The Labute approximate surface area is 397 Å². The van der Waals surface area contributed by atoms with E-state index < -0.39 is 40.7 Å². The lowest BCUT2D eigenvalue weighted by Gasteiger charge is -2.47. The number of ether oxygens (including phenoxy) is 1. The van der Waals surface area contributed by atoms with E-state index in [1.165, 1.54) is 10.6 Å². The number of hydrogen-bond acceptors (Lipinski definition) is 9. The molecule has 1 unspecified atom stereocenters. The summed E-state index contributed by atoms with van der Waals surface area (Å²) in [7, 11) is 1.71. The number of amides is 4. The Morgan fingerprint density at radius 2 is 1.64 bits per heavy atom. The molecule has 4 N–H and O–H groups in total. The van der Waals surface area contributed by atoms with E-state index in [0.29, 0.717) is 66.9 Å². The van der Waals surface area contributed by atoms with Crippen LogP contribution in [0.5, 0.6) is 0 Å². The van der Waals surface area contributed by atoms with Crippen LogP contribution in [0.2, 0.25) is 10.0 Å². The number of nitrogens with one attached hydrogen (secondary N) is 4. The third kappa shape index (κ3) is 7.87. The first-order valence-electron chi connectivity index (χ1n) is 23.9. The molecule has 3 saturated heterocycles. The number of imide groups is 1. The molecule has 2 aliphatic carbocycles. The number of benzene rings is 3. The molecule has 2 spiro atoms. The van der Waals surface area contributed by atoms with Crippen molar-refractivity contribution < 1.29 is 33.1 Å². The maximum Gasteiger partial charge on any atom is 0.329 e. The van der Waals surface area contributed by atoms with Gasteiger partial charge in [0.25, 0.3) is 0 Å². The molecular weight excluding hydrogens is 900 g/mol. The van der Waals surface area contributed by atoms with Crippen LogP contribution >= 0.6 is 23.2 Å². The fourth-order valence-electron chi connectivity index (χ4n) is 12.7. The lowest BCUT2D eigenvalue weighted by Crippen LogP contribution is -2.60. The molecular formula is C50H56Cl2FN7O7. The van der Waals surface area contributed by atoms with Crippen molar-refractivity contribution >= 4 is 69.5 Å². The quantitative estimate of drug-likeness (QED) is 0.108. The van der Waals surface area contributed by atoms with Crippen LogP contribution in [0.15, 0.2) is 59.4 Å². The minimum atomic E-state index is -1.31. The van der Waals surface area contributed by atoms with Gasteiger partial charge in [-0.15, -0.1) is 0 Å². The second kappa shape index (κ2) is 18.1. The van der Waals surface area contributed by atoms with Gasteiger partial charge in [0, 0.05) is 48.2 Å². The zero-order valence-electron chi connectivity index (χ0n) is 37.5. The average molecular weight is 957 g/mol. The van der Waals surface area contributed by atoms with Crippen molar-refractivity contribution in [3.8, 4) is 0 Å². The van der Waals surface area contributed by atoms with Crippen LogP contribution in [-0.2, 0) is 41.2 Å². The van der Waals surface area contributed by atoms with Crippen LogP contribution in [0.25, 0.3) is 11.0 Å². The highest BCUT2D eigenvalue weighted by atomic mass is 35.5. The summed E-state index contributed by atoms with van der Waals surface area (Å²) < 4.78 is 25.2. The molecule has 0 bridgehead atoms. The number of carbonyl (C=O) groups is 5. The number of halogens is 3. The number of aromatic nitrogens is 2. The van der Waals surface area contributed by atoms with Crippen molar-refractivity contribution in [3.05, 3.63) is 97.6 Å². The number of piperidine rings is 2. The third-order valence-corrected chi connectivity index (χ3v) is 16.6. The van der Waals surface area contributed by atoms with E-state index in [-0.39, 0.29) is 77.3 Å². The molecule has 5 heterocycles. The van der Waals surface area contributed by atoms with Gasteiger partial charge in [-0.05, 0) is 124 Å². The van der Waals surface area contributed by atoms with Crippen LogP contribution in [0.1, 0.15) is 118 Å². The van der Waals surface area contributed by atoms with E-state index in [9.17, 15) is 28.8 Å². The highest BCUT2D eigenvalue weighted by molar-refractivity contribution is 6.31. The number of aryl methyl sites for hydroxylation is 1. The molecule has 0 radical (unpaired) electrons. The summed E-state index contributed by atoms with van der Waals surface area (Å²) in [6.45, 7) is 2.56. The predicted molar refractivity (Wildman–Crippen MR) is 251 cm³/mol. The molecule has 5 fully saturated rings. The molecule has 17 heteroatoms. The van der Waals surface area contributed by atoms with Gasteiger partial charge in [-0.25, -0.2) is 9.18 Å². The molecule has 4 amide bonds. The van der Waals surface area contributed by atoms with Gasteiger partial charge >= 0.3 is 11.7 Å². The van der Waals surface area contributed by atoms with Gasteiger partial charge in [0.1, 0.15) is 23.9 Å². The van der Waals surface area contributed by atoms with E-state index in [1.54, 1.807) is 35.9 Å². The first kappa shape index (κ1) is 45.7. The SMILES string of the molecule is Cn1c(=O)n(C2CCC(=O)NC2=O)c2ccc(C3CCN(CCOC(=O)C4CCC(NC(=O)[C@@H]5NC6(CCCCC6)[C@@]6(C(=O)Nc7cc(Cl)ccc76)[C@H]5c5cccc(Cl)c5F)CC4)CC3)cc21. The molecule has 4 atom stereocenters. The van der Waals surface area contributed by atoms with E-state index >= 15 is 4.39 Å². The number of hydrogen-bond donors (Lipinski definition) is 4. The van der Waals surface area contributed by atoms with Gasteiger partial charge in [0.15, 0.2) is 0 Å². The minimum Gasteiger partial charge on any atom is -0.464 e. The summed E-state index contributed by atoms with van der Waals surface area (Å²) in [6.07, 6.45) is 8.47. The van der Waals surface area contributed by atoms with Crippen molar-refractivity contribution in [1.82, 2.24) is 30.0 Å². The van der Waals surface area contributed by atoms with E-state index in [0.717, 1.165) is 56.3 Å². The first-order valence-corrected chi connectivity index (χ1v) is 24.6. The summed E-state index contributed by atoms with van der Waals surface area (Å²) in [5, 5.41) is 12.8. The predicted octanol–water partition coefficient (Wildman–Crippen LogP) is 6.51. The Bertz CT molecular complexity index is 2720. The van der Waals surface area contributed by atoms with Crippen molar-refractivity contribution in [2.24, 2.45) is 13.0 Å². The monoisotopic (exact) mass is 955 g/mol. The largest absolute Gasteiger partial charge is 0.464 e.